The molecule has 0 radical (unpaired) electrons. The molecular formula is C24H20N6O2. The summed E-state index contributed by atoms with van der Waals surface area (Å²) in [6, 6.07) is 17.1. The van der Waals surface area contributed by atoms with Crippen LogP contribution in [0.2, 0.25) is 0 Å². The molecule has 3 heterocycles. The molecule has 0 bridgehead atoms. The summed E-state index contributed by atoms with van der Waals surface area (Å²) >= 11 is 0. The first kappa shape index (κ1) is 19.6. The average Bonchev–Trinajstić information content (AvgIpc) is 3.40. The van der Waals surface area contributed by atoms with Gasteiger partial charge in [0.25, 0.3) is 5.91 Å². The van der Waals surface area contributed by atoms with E-state index < -0.39 is 0 Å². The second kappa shape index (κ2) is 8.07. The van der Waals surface area contributed by atoms with Crippen molar-refractivity contribution in [2.45, 2.75) is 20.4 Å². The number of carbonyl (C=O) groups excluding carboxylic acids is 1. The van der Waals surface area contributed by atoms with E-state index in [2.05, 4.69) is 25.8 Å². The van der Waals surface area contributed by atoms with Gasteiger partial charge in [-0.1, -0.05) is 53.7 Å². The minimum Gasteiger partial charge on any atom is -0.361 e. The summed E-state index contributed by atoms with van der Waals surface area (Å²) in [6.07, 6.45) is 3.40. The SMILES string of the molecule is Cc1noc(C)c1Cn1cc(NC(=O)c2c(-c3ccccc3)nnc3ccccc23)cn1. The maximum Gasteiger partial charge on any atom is 0.258 e. The number of hydrogen-bond donors (Lipinski definition) is 1. The average molecular weight is 424 g/mol. The van der Waals surface area contributed by atoms with E-state index in [0.717, 1.165) is 28.0 Å². The highest BCUT2D eigenvalue weighted by Crippen LogP contribution is 2.27. The van der Waals surface area contributed by atoms with E-state index in [1.165, 1.54) is 0 Å². The Morgan fingerprint density at radius 1 is 1.03 bits per heavy atom. The lowest BCUT2D eigenvalue weighted by molar-refractivity contribution is 0.102. The van der Waals surface area contributed by atoms with Gasteiger partial charge in [0.2, 0.25) is 0 Å². The normalized spacial score (nSPS) is 11.1. The van der Waals surface area contributed by atoms with Crippen LogP contribution < -0.4 is 5.32 Å². The van der Waals surface area contributed by atoms with Crippen molar-refractivity contribution in [3.05, 3.63) is 89.6 Å². The lowest BCUT2D eigenvalue weighted by Crippen LogP contribution is -2.15. The van der Waals surface area contributed by atoms with Gasteiger partial charge < -0.3 is 9.84 Å². The van der Waals surface area contributed by atoms with Crippen LogP contribution in [0, 0.1) is 13.8 Å². The molecule has 0 atom stereocenters. The van der Waals surface area contributed by atoms with Crippen molar-refractivity contribution >= 4 is 22.5 Å². The largest absolute Gasteiger partial charge is 0.361 e. The number of benzene rings is 2. The van der Waals surface area contributed by atoms with Crippen molar-refractivity contribution in [1.82, 2.24) is 25.1 Å². The van der Waals surface area contributed by atoms with Gasteiger partial charge in [-0.2, -0.15) is 5.10 Å². The van der Waals surface area contributed by atoms with Gasteiger partial charge in [0.15, 0.2) is 0 Å². The van der Waals surface area contributed by atoms with Gasteiger partial charge in [0.1, 0.15) is 11.5 Å². The van der Waals surface area contributed by atoms with E-state index >= 15 is 0 Å². The van der Waals surface area contributed by atoms with Gasteiger partial charge in [0, 0.05) is 22.7 Å². The molecule has 1 amide bonds. The number of hydrogen-bond acceptors (Lipinski definition) is 6. The molecule has 5 rings (SSSR count). The van der Waals surface area contributed by atoms with Crippen LogP contribution in [0.25, 0.3) is 22.2 Å². The van der Waals surface area contributed by atoms with Crippen molar-refractivity contribution < 1.29 is 9.32 Å². The van der Waals surface area contributed by atoms with Crippen LogP contribution in [0.15, 0.2) is 71.5 Å². The number of nitrogens with one attached hydrogen (secondary N) is 1. The van der Waals surface area contributed by atoms with Gasteiger partial charge in [-0.05, 0) is 19.9 Å². The van der Waals surface area contributed by atoms with Gasteiger partial charge in [-0.3, -0.25) is 9.48 Å². The summed E-state index contributed by atoms with van der Waals surface area (Å²) < 4.78 is 6.96. The number of fused-ring (bicyclic) bond motifs is 1. The Labute approximate surface area is 183 Å². The number of rotatable bonds is 5. The topological polar surface area (TPSA) is 98.7 Å². The third-order valence-corrected chi connectivity index (χ3v) is 5.33. The van der Waals surface area contributed by atoms with Crippen LogP contribution in [0.5, 0.6) is 0 Å². The van der Waals surface area contributed by atoms with Crippen LogP contribution in [0.4, 0.5) is 5.69 Å². The number of aromatic nitrogens is 5. The van der Waals surface area contributed by atoms with Crippen molar-refractivity contribution in [1.29, 1.82) is 0 Å². The predicted molar refractivity (Wildman–Crippen MR) is 120 cm³/mol. The molecule has 0 unspecified atom stereocenters. The van der Waals surface area contributed by atoms with Gasteiger partial charge in [-0.25, -0.2) is 0 Å². The Morgan fingerprint density at radius 3 is 2.59 bits per heavy atom. The molecule has 32 heavy (non-hydrogen) atoms. The van der Waals surface area contributed by atoms with Crippen LogP contribution >= 0.6 is 0 Å². The minimum atomic E-state index is -0.271. The fraction of sp³-hybridized carbons (Fsp3) is 0.125. The van der Waals surface area contributed by atoms with Crippen LogP contribution in [-0.4, -0.2) is 31.0 Å². The molecule has 0 aliphatic carbocycles. The fourth-order valence-electron chi connectivity index (χ4n) is 3.68. The van der Waals surface area contributed by atoms with E-state index in [0.29, 0.717) is 29.0 Å². The number of amides is 1. The molecule has 1 N–H and O–H groups in total. The number of nitrogens with zero attached hydrogens (tertiary/aromatic N) is 5. The first-order valence-electron chi connectivity index (χ1n) is 10.2. The zero-order chi connectivity index (χ0) is 22.1. The van der Waals surface area contributed by atoms with E-state index in [1.54, 1.807) is 17.1 Å². The molecule has 3 aromatic heterocycles. The fourth-order valence-corrected chi connectivity index (χ4v) is 3.68. The Balaban J connectivity index is 1.49. The first-order chi connectivity index (χ1) is 15.6. The molecule has 0 fully saturated rings. The lowest BCUT2D eigenvalue weighted by Gasteiger charge is -2.11. The van der Waals surface area contributed by atoms with Crippen LogP contribution in [-0.2, 0) is 6.54 Å². The molecule has 8 heteroatoms. The molecule has 158 valence electrons. The van der Waals surface area contributed by atoms with Crippen molar-refractivity contribution in [2.75, 3.05) is 5.32 Å². The summed E-state index contributed by atoms with van der Waals surface area (Å²) in [5.74, 6) is 0.484. The Kier molecular flexibility index (Phi) is 4.95. The third-order valence-electron chi connectivity index (χ3n) is 5.33. The number of anilines is 1. The van der Waals surface area contributed by atoms with E-state index in [-0.39, 0.29) is 5.91 Å². The third kappa shape index (κ3) is 3.62. The minimum absolute atomic E-state index is 0.271. The molecule has 8 nitrogen and oxygen atoms in total. The number of carbonyl (C=O) groups is 1. The van der Waals surface area contributed by atoms with Crippen molar-refractivity contribution in [2.24, 2.45) is 0 Å². The van der Waals surface area contributed by atoms with E-state index in [9.17, 15) is 4.79 Å². The summed E-state index contributed by atoms with van der Waals surface area (Å²) in [7, 11) is 0. The highest BCUT2D eigenvalue weighted by atomic mass is 16.5. The first-order valence-corrected chi connectivity index (χ1v) is 10.2. The van der Waals surface area contributed by atoms with Crippen LogP contribution in [0.3, 0.4) is 0 Å². The summed E-state index contributed by atoms with van der Waals surface area (Å²) in [5.41, 5.74) is 4.87. The number of aryl methyl sites for hydroxylation is 2. The molecule has 0 aliphatic heterocycles. The smallest absolute Gasteiger partial charge is 0.258 e. The quantitative estimate of drug-likeness (QED) is 0.449. The molecule has 0 saturated carbocycles. The van der Waals surface area contributed by atoms with Gasteiger partial charge >= 0.3 is 0 Å². The molecular weight excluding hydrogens is 404 g/mol. The summed E-state index contributed by atoms with van der Waals surface area (Å²) in [4.78, 5) is 13.4. The van der Waals surface area contributed by atoms with Gasteiger partial charge in [0.05, 0.1) is 35.2 Å². The lowest BCUT2D eigenvalue weighted by atomic mass is 10.0. The monoisotopic (exact) mass is 424 g/mol. The molecule has 0 aliphatic rings. The molecule has 0 saturated heterocycles. The summed E-state index contributed by atoms with van der Waals surface area (Å²) in [5, 5.41) is 20.7. The molecule has 2 aromatic carbocycles. The second-order valence-corrected chi connectivity index (χ2v) is 7.49. The van der Waals surface area contributed by atoms with E-state index in [4.69, 9.17) is 4.52 Å². The Morgan fingerprint density at radius 2 is 1.81 bits per heavy atom. The zero-order valence-electron chi connectivity index (χ0n) is 17.6. The standard InChI is InChI=1S/C24H20N6O2/c1-15-20(16(2)32-29-15)14-30-13-18(12-25-30)26-24(31)22-19-10-6-7-11-21(19)27-28-23(22)17-8-4-3-5-9-17/h3-13H,14H2,1-2H3,(H,26,31). The Bertz CT molecular complexity index is 1400. The highest BCUT2D eigenvalue weighted by molar-refractivity contribution is 6.15. The van der Waals surface area contributed by atoms with Crippen LogP contribution in [0.1, 0.15) is 27.4 Å². The van der Waals surface area contributed by atoms with Crippen molar-refractivity contribution in [3.8, 4) is 11.3 Å². The molecule has 5 aromatic rings. The molecule has 0 spiro atoms. The van der Waals surface area contributed by atoms with Crippen molar-refractivity contribution in [3.63, 3.8) is 0 Å². The zero-order valence-corrected chi connectivity index (χ0v) is 17.6. The summed E-state index contributed by atoms with van der Waals surface area (Å²) in [6.45, 7) is 4.27. The van der Waals surface area contributed by atoms with Gasteiger partial charge in [-0.15, -0.1) is 10.2 Å². The maximum absolute atomic E-state index is 13.4. The van der Waals surface area contributed by atoms with E-state index in [1.807, 2.05) is 68.4 Å². The highest BCUT2D eigenvalue weighted by Gasteiger charge is 2.20. The Hall–Kier alpha value is -4.33. The predicted octanol–water partition coefficient (Wildman–Crippen LogP) is 4.40. The second-order valence-electron chi connectivity index (χ2n) is 7.49. The maximum atomic E-state index is 13.4.